The molecule has 8 heteroatoms. The number of nitrogens with zero attached hydrogens (tertiary/aromatic N) is 3. The number of anilines is 1. The summed E-state index contributed by atoms with van der Waals surface area (Å²) in [4.78, 5) is 39.1. The van der Waals surface area contributed by atoms with Gasteiger partial charge in [-0.3, -0.25) is 18.7 Å². The highest BCUT2D eigenvalue weighted by Gasteiger charge is 2.32. The van der Waals surface area contributed by atoms with Crippen molar-refractivity contribution in [3.63, 3.8) is 0 Å². The summed E-state index contributed by atoms with van der Waals surface area (Å²) in [6.07, 6.45) is 3.19. The molecule has 1 aliphatic heterocycles. The molecule has 0 saturated heterocycles. The Morgan fingerprint density at radius 2 is 1.66 bits per heavy atom. The van der Waals surface area contributed by atoms with Gasteiger partial charge >= 0.3 is 5.69 Å². The second kappa shape index (κ2) is 6.34. The lowest BCUT2D eigenvalue weighted by Gasteiger charge is -2.29. The Morgan fingerprint density at radius 3 is 2.50 bits per heavy atom. The van der Waals surface area contributed by atoms with Gasteiger partial charge in [-0.25, -0.2) is 4.79 Å². The standard InChI is InChI=1S/C24H18N4O4/c1-26-20-14(23(30)27(2)24(26)31)11-28-17-9-5-4-8-16(17)25-19(21(20)28)15-12-32-18-10-6-3-7-13(18)22(15)29/h3-12,19,25H,1-2H3/t19-/m0/s1. The van der Waals surface area contributed by atoms with E-state index < -0.39 is 11.7 Å². The number of fused-ring (bicyclic) bond motifs is 6. The van der Waals surface area contributed by atoms with Gasteiger partial charge in [0, 0.05) is 20.3 Å². The van der Waals surface area contributed by atoms with Crippen molar-refractivity contribution in [3.05, 3.63) is 103 Å². The fraction of sp³-hybridized carbons (Fsp3) is 0.125. The molecule has 5 aromatic rings. The van der Waals surface area contributed by atoms with Crippen LogP contribution in [0.3, 0.4) is 0 Å². The topological polar surface area (TPSA) is 91.2 Å². The van der Waals surface area contributed by atoms with Crippen molar-refractivity contribution in [3.8, 4) is 5.69 Å². The predicted octanol–water partition coefficient (Wildman–Crippen LogP) is 2.65. The number of rotatable bonds is 1. The Morgan fingerprint density at radius 1 is 0.906 bits per heavy atom. The van der Waals surface area contributed by atoms with Crippen molar-refractivity contribution in [2.45, 2.75) is 6.04 Å². The number of benzene rings is 2. The van der Waals surface area contributed by atoms with Crippen LogP contribution in [-0.4, -0.2) is 13.7 Å². The highest BCUT2D eigenvalue weighted by atomic mass is 16.3. The summed E-state index contributed by atoms with van der Waals surface area (Å²) in [6, 6.07) is 14.1. The average Bonchev–Trinajstić information content (AvgIpc) is 3.23. The van der Waals surface area contributed by atoms with Crippen LogP contribution in [0.5, 0.6) is 0 Å². The molecular weight excluding hydrogens is 408 g/mol. The molecule has 0 radical (unpaired) electrons. The van der Waals surface area contributed by atoms with Crippen LogP contribution in [0.4, 0.5) is 5.69 Å². The summed E-state index contributed by atoms with van der Waals surface area (Å²) in [6.45, 7) is 0. The minimum Gasteiger partial charge on any atom is -0.464 e. The first kappa shape index (κ1) is 18.4. The highest BCUT2D eigenvalue weighted by molar-refractivity contribution is 5.87. The van der Waals surface area contributed by atoms with Crippen molar-refractivity contribution < 1.29 is 4.42 Å². The van der Waals surface area contributed by atoms with Crippen LogP contribution < -0.4 is 22.0 Å². The SMILES string of the molecule is Cn1c(=O)c2cn3c(c2n(C)c1=O)[C@H](c1coc2ccccc2c1=O)Nc1ccccc1-3. The van der Waals surface area contributed by atoms with Crippen LogP contribution >= 0.6 is 0 Å². The van der Waals surface area contributed by atoms with Crippen molar-refractivity contribution in [1.29, 1.82) is 0 Å². The molecule has 0 fully saturated rings. The van der Waals surface area contributed by atoms with Crippen LogP contribution in [0.15, 0.2) is 79.8 Å². The molecule has 0 bridgehead atoms. The minimum absolute atomic E-state index is 0.168. The highest BCUT2D eigenvalue weighted by Crippen LogP contribution is 2.39. The van der Waals surface area contributed by atoms with E-state index in [1.807, 2.05) is 34.9 Å². The monoisotopic (exact) mass is 426 g/mol. The lowest BCUT2D eigenvalue weighted by atomic mass is 9.99. The zero-order valence-corrected chi connectivity index (χ0v) is 17.3. The van der Waals surface area contributed by atoms with Gasteiger partial charge in [0.1, 0.15) is 17.9 Å². The van der Waals surface area contributed by atoms with Gasteiger partial charge in [0.15, 0.2) is 5.43 Å². The van der Waals surface area contributed by atoms with E-state index in [0.717, 1.165) is 15.9 Å². The van der Waals surface area contributed by atoms with Crippen LogP contribution in [0.1, 0.15) is 17.3 Å². The van der Waals surface area contributed by atoms with Crippen LogP contribution in [0.2, 0.25) is 0 Å². The Hall–Kier alpha value is -4.33. The normalized spacial score (nSPS) is 14.9. The van der Waals surface area contributed by atoms with Crippen molar-refractivity contribution >= 4 is 27.6 Å². The Labute approximate surface area is 180 Å². The number of nitrogens with one attached hydrogen (secondary N) is 1. The molecule has 3 aromatic heterocycles. The molecule has 1 aliphatic rings. The first-order chi connectivity index (χ1) is 15.5. The molecule has 4 heterocycles. The van der Waals surface area contributed by atoms with E-state index in [4.69, 9.17) is 4.42 Å². The van der Waals surface area contributed by atoms with Gasteiger partial charge in [0.2, 0.25) is 0 Å². The van der Waals surface area contributed by atoms with E-state index in [-0.39, 0.29) is 11.0 Å². The van der Waals surface area contributed by atoms with Crippen LogP contribution in [0.25, 0.3) is 27.6 Å². The van der Waals surface area contributed by atoms with Gasteiger partial charge in [-0.1, -0.05) is 24.3 Å². The van der Waals surface area contributed by atoms with E-state index in [1.54, 1.807) is 31.4 Å². The number of para-hydroxylation sites is 3. The van der Waals surface area contributed by atoms with Crippen molar-refractivity contribution in [2.24, 2.45) is 14.1 Å². The zero-order valence-electron chi connectivity index (χ0n) is 17.3. The lowest BCUT2D eigenvalue weighted by molar-refractivity contribution is 0.586. The largest absolute Gasteiger partial charge is 0.464 e. The van der Waals surface area contributed by atoms with E-state index >= 15 is 0 Å². The molecule has 0 aliphatic carbocycles. The van der Waals surface area contributed by atoms with Gasteiger partial charge in [-0.05, 0) is 24.3 Å². The molecule has 32 heavy (non-hydrogen) atoms. The maximum atomic E-state index is 13.4. The molecular formula is C24H18N4O4. The van der Waals surface area contributed by atoms with E-state index in [9.17, 15) is 14.4 Å². The fourth-order valence-electron chi connectivity index (χ4n) is 4.63. The van der Waals surface area contributed by atoms with E-state index in [0.29, 0.717) is 33.1 Å². The van der Waals surface area contributed by atoms with Gasteiger partial charge in [-0.15, -0.1) is 0 Å². The third-order valence-electron chi connectivity index (χ3n) is 6.21. The smallest absolute Gasteiger partial charge is 0.331 e. The van der Waals surface area contributed by atoms with Gasteiger partial charge in [-0.2, -0.15) is 0 Å². The third kappa shape index (κ3) is 2.29. The number of aromatic nitrogens is 3. The van der Waals surface area contributed by atoms with E-state index in [1.165, 1.54) is 17.9 Å². The summed E-state index contributed by atoms with van der Waals surface area (Å²) < 4.78 is 10.2. The molecule has 0 amide bonds. The Balaban J connectivity index is 1.76. The second-order valence-electron chi connectivity index (χ2n) is 7.96. The molecule has 158 valence electrons. The zero-order chi connectivity index (χ0) is 22.1. The molecule has 0 unspecified atom stereocenters. The molecule has 1 N–H and O–H groups in total. The third-order valence-corrected chi connectivity index (χ3v) is 6.21. The summed E-state index contributed by atoms with van der Waals surface area (Å²) in [5, 5.41) is 4.30. The van der Waals surface area contributed by atoms with Gasteiger partial charge in [0.05, 0.1) is 38.9 Å². The Bertz CT molecular complexity index is 1750. The lowest BCUT2D eigenvalue weighted by Crippen LogP contribution is -2.37. The number of hydrogen-bond acceptors (Lipinski definition) is 5. The van der Waals surface area contributed by atoms with Crippen LogP contribution in [0, 0.1) is 0 Å². The summed E-state index contributed by atoms with van der Waals surface area (Å²) in [5.41, 5.74) is 2.67. The minimum atomic E-state index is -0.624. The molecule has 0 saturated carbocycles. The number of hydrogen-bond donors (Lipinski definition) is 1. The predicted molar refractivity (Wildman–Crippen MR) is 122 cm³/mol. The quantitative estimate of drug-likeness (QED) is 0.445. The average molecular weight is 426 g/mol. The van der Waals surface area contributed by atoms with Crippen molar-refractivity contribution in [2.75, 3.05) is 5.32 Å². The molecule has 2 aromatic carbocycles. The second-order valence-corrected chi connectivity index (χ2v) is 7.96. The molecule has 1 atom stereocenters. The molecule has 6 rings (SSSR count). The van der Waals surface area contributed by atoms with Crippen molar-refractivity contribution in [1.82, 2.24) is 13.7 Å². The number of aryl methyl sites for hydroxylation is 1. The maximum absolute atomic E-state index is 13.4. The summed E-state index contributed by atoms with van der Waals surface area (Å²) >= 11 is 0. The van der Waals surface area contributed by atoms with Gasteiger partial charge < -0.3 is 14.3 Å². The first-order valence-corrected chi connectivity index (χ1v) is 10.1. The first-order valence-electron chi connectivity index (χ1n) is 10.1. The van der Waals surface area contributed by atoms with Crippen LogP contribution in [-0.2, 0) is 14.1 Å². The fourth-order valence-corrected chi connectivity index (χ4v) is 4.63. The van der Waals surface area contributed by atoms with Gasteiger partial charge in [0.25, 0.3) is 5.56 Å². The molecule has 0 spiro atoms. The maximum Gasteiger partial charge on any atom is 0.331 e. The molecule has 8 nitrogen and oxygen atoms in total. The van der Waals surface area contributed by atoms with E-state index in [2.05, 4.69) is 5.32 Å². The Kier molecular flexibility index (Phi) is 3.65. The summed E-state index contributed by atoms with van der Waals surface area (Å²) in [7, 11) is 3.09. The summed E-state index contributed by atoms with van der Waals surface area (Å²) in [5.74, 6) is 0.